The summed E-state index contributed by atoms with van der Waals surface area (Å²) in [6.45, 7) is 8.37. The van der Waals surface area contributed by atoms with Crippen molar-refractivity contribution in [2.45, 2.75) is 66.2 Å². The third kappa shape index (κ3) is 7.76. The maximum absolute atomic E-state index is 11.9. The average Bonchev–Trinajstić information content (AvgIpc) is 2.52. The number of benzene rings is 1. The van der Waals surface area contributed by atoms with Crippen LogP contribution in [0.5, 0.6) is 5.75 Å². The molecule has 1 unspecified atom stereocenters. The standard InChI is InChI=1S/C21H32O3/c1-5-18(21(3,4)15-17(2)22)11-9-10-12-19(23)16-24-20-13-7-6-8-14-20/h6-8,13-14,18H,5,9-12,15-16H2,1-4H3. The molecule has 3 heteroatoms. The normalized spacial score (nSPS) is 12.7. The summed E-state index contributed by atoms with van der Waals surface area (Å²) in [5.41, 5.74) is 0.0427. The largest absolute Gasteiger partial charge is 0.486 e. The van der Waals surface area contributed by atoms with Crippen molar-refractivity contribution in [3.8, 4) is 5.75 Å². The molecule has 0 fully saturated rings. The molecule has 0 heterocycles. The van der Waals surface area contributed by atoms with E-state index >= 15 is 0 Å². The summed E-state index contributed by atoms with van der Waals surface area (Å²) in [5.74, 6) is 1.67. The summed E-state index contributed by atoms with van der Waals surface area (Å²) in [6.07, 6.45) is 5.27. The van der Waals surface area contributed by atoms with Crippen molar-refractivity contribution < 1.29 is 14.3 Å². The number of Topliss-reactive ketones (excluding diaryl/α,β-unsaturated/α-hetero) is 2. The quantitative estimate of drug-likeness (QED) is 0.492. The molecule has 0 amide bonds. The summed E-state index contributed by atoms with van der Waals surface area (Å²) < 4.78 is 5.48. The van der Waals surface area contributed by atoms with E-state index in [0.717, 1.165) is 31.4 Å². The number of para-hydroxylation sites is 1. The van der Waals surface area contributed by atoms with E-state index in [0.29, 0.717) is 18.8 Å². The van der Waals surface area contributed by atoms with Crippen LogP contribution < -0.4 is 4.74 Å². The fourth-order valence-corrected chi connectivity index (χ4v) is 3.40. The molecule has 0 aliphatic rings. The van der Waals surface area contributed by atoms with Crippen LogP contribution in [0.1, 0.15) is 66.2 Å². The SMILES string of the molecule is CCC(CCCCC(=O)COc1ccccc1)C(C)(C)CC(C)=O. The van der Waals surface area contributed by atoms with E-state index in [9.17, 15) is 9.59 Å². The fourth-order valence-electron chi connectivity index (χ4n) is 3.40. The minimum atomic E-state index is 0.0427. The van der Waals surface area contributed by atoms with E-state index in [-0.39, 0.29) is 23.6 Å². The van der Waals surface area contributed by atoms with Gasteiger partial charge in [0.05, 0.1) is 0 Å². The van der Waals surface area contributed by atoms with Gasteiger partial charge in [0, 0.05) is 12.8 Å². The molecule has 3 nitrogen and oxygen atoms in total. The van der Waals surface area contributed by atoms with Crippen LogP contribution in [0.2, 0.25) is 0 Å². The van der Waals surface area contributed by atoms with Gasteiger partial charge in [-0.15, -0.1) is 0 Å². The van der Waals surface area contributed by atoms with E-state index in [1.165, 1.54) is 0 Å². The first-order valence-corrected chi connectivity index (χ1v) is 9.04. The minimum absolute atomic E-state index is 0.0427. The van der Waals surface area contributed by atoms with Gasteiger partial charge in [0.1, 0.15) is 18.1 Å². The Morgan fingerprint density at radius 2 is 1.79 bits per heavy atom. The van der Waals surface area contributed by atoms with Crippen LogP contribution in [-0.2, 0) is 9.59 Å². The Kier molecular flexibility index (Phi) is 8.73. The number of ketones is 2. The first-order chi connectivity index (χ1) is 11.3. The molecule has 0 bridgehead atoms. The van der Waals surface area contributed by atoms with Crippen molar-refractivity contribution in [3.05, 3.63) is 30.3 Å². The Hall–Kier alpha value is -1.64. The Balaban J connectivity index is 2.26. The molecule has 1 aromatic carbocycles. The average molecular weight is 332 g/mol. The van der Waals surface area contributed by atoms with Gasteiger partial charge in [-0.1, -0.05) is 51.8 Å². The number of rotatable bonds is 12. The highest BCUT2D eigenvalue weighted by atomic mass is 16.5. The smallest absolute Gasteiger partial charge is 0.170 e. The first kappa shape index (κ1) is 20.4. The van der Waals surface area contributed by atoms with Crippen molar-refractivity contribution >= 4 is 11.6 Å². The van der Waals surface area contributed by atoms with Crippen molar-refractivity contribution in [2.24, 2.45) is 11.3 Å². The fraction of sp³-hybridized carbons (Fsp3) is 0.619. The molecule has 0 aliphatic heterocycles. The molecule has 0 spiro atoms. The second-order valence-corrected chi connectivity index (χ2v) is 7.36. The molecule has 0 aromatic heterocycles. The van der Waals surface area contributed by atoms with Gasteiger partial charge in [0.2, 0.25) is 0 Å². The highest BCUT2D eigenvalue weighted by Gasteiger charge is 2.28. The highest BCUT2D eigenvalue weighted by molar-refractivity contribution is 5.79. The second kappa shape index (κ2) is 10.3. The maximum Gasteiger partial charge on any atom is 0.170 e. The van der Waals surface area contributed by atoms with Crippen LogP contribution in [0.3, 0.4) is 0 Å². The van der Waals surface area contributed by atoms with Gasteiger partial charge in [0.15, 0.2) is 5.78 Å². The second-order valence-electron chi connectivity index (χ2n) is 7.36. The van der Waals surface area contributed by atoms with E-state index in [2.05, 4.69) is 20.8 Å². The molecule has 0 aliphatic carbocycles. The zero-order valence-corrected chi connectivity index (χ0v) is 15.6. The number of ether oxygens (including phenoxy) is 1. The number of hydrogen-bond acceptors (Lipinski definition) is 3. The third-order valence-electron chi connectivity index (χ3n) is 4.70. The van der Waals surface area contributed by atoms with Crippen LogP contribution in [0.4, 0.5) is 0 Å². The van der Waals surface area contributed by atoms with E-state index in [4.69, 9.17) is 4.74 Å². The predicted molar refractivity (Wildman–Crippen MR) is 98.3 cm³/mol. The van der Waals surface area contributed by atoms with Crippen molar-refractivity contribution in [1.29, 1.82) is 0 Å². The van der Waals surface area contributed by atoms with E-state index in [1.807, 2.05) is 30.3 Å². The lowest BCUT2D eigenvalue weighted by molar-refractivity contribution is -0.121. The molecule has 0 radical (unpaired) electrons. The monoisotopic (exact) mass is 332 g/mol. The molecule has 24 heavy (non-hydrogen) atoms. The van der Waals surface area contributed by atoms with E-state index in [1.54, 1.807) is 6.92 Å². The number of hydrogen-bond donors (Lipinski definition) is 0. The first-order valence-electron chi connectivity index (χ1n) is 9.04. The summed E-state index contributed by atoms with van der Waals surface area (Å²) in [4.78, 5) is 23.3. The number of unbranched alkanes of at least 4 members (excludes halogenated alkanes) is 1. The molecule has 0 saturated heterocycles. The van der Waals surface area contributed by atoms with Crippen LogP contribution in [0.25, 0.3) is 0 Å². The minimum Gasteiger partial charge on any atom is -0.486 e. The van der Waals surface area contributed by atoms with Gasteiger partial charge in [-0.05, 0) is 43.2 Å². The Morgan fingerprint density at radius 1 is 1.12 bits per heavy atom. The van der Waals surface area contributed by atoms with Gasteiger partial charge in [-0.2, -0.15) is 0 Å². The van der Waals surface area contributed by atoms with Crippen molar-refractivity contribution in [2.75, 3.05) is 6.61 Å². The lowest BCUT2D eigenvalue weighted by Crippen LogP contribution is -2.26. The topological polar surface area (TPSA) is 43.4 Å². The number of carbonyl (C=O) groups excluding carboxylic acids is 2. The van der Waals surface area contributed by atoms with Crippen LogP contribution in [0, 0.1) is 11.3 Å². The van der Waals surface area contributed by atoms with Crippen LogP contribution in [-0.4, -0.2) is 18.2 Å². The van der Waals surface area contributed by atoms with Crippen LogP contribution in [0.15, 0.2) is 30.3 Å². The summed E-state index contributed by atoms with van der Waals surface area (Å²) in [7, 11) is 0. The summed E-state index contributed by atoms with van der Waals surface area (Å²) >= 11 is 0. The molecule has 134 valence electrons. The van der Waals surface area contributed by atoms with Gasteiger partial charge in [-0.3, -0.25) is 4.79 Å². The Labute approximate surface area is 146 Å². The molecule has 1 rings (SSSR count). The zero-order valence-electron chi connectivity index (χ0n) is 15.6. The Bertz CT molecular complexity index is 505. The molecular formula is C21H32O3. The predicted octanol–water partition coefficient (Wildman–Crippen LogP) is 5.23. The van der Waals surface area contributed by atoms with Crippen LogP contribution >= 0.6 is 0 Å². The van der Waals surface area contributed by atoms with E-state index < -0.39 is 0 Å². The third-order valence-corrected chi connectivity index (χ3v) is 4.70. The lowest BCUT2D eigenvalue weighted by atomic mass is 9.72. The highest BCUT2D eigenvalue weighted by Crippen LogP contribution is 2.36. The van der Waals surface area contributed by atoms with Gasteiger partial charge in [0.25, 0.3) is 0 Å². The maximum atomic E-state index is 11.9. The Morgan fingerprint density at radius 3 is 2.38 bits per heavy atom. The summed E-state index contributed by atoms with van der Waals surface area (Å²) in [5, 5.41) is 0. The van der Waals surface area contributed by atoms with Gasteiger partial charge >= 0.3 is 0 Å². The van der Waals surface area contributed by atoms with Crippen molar-refractivity contribution in [1.82, 2.24) is 0 Å². The number of carbonyl (C=O) groups is 2. The van der Waals surface area contributed by atoms with Crippen molar-refractivity contribution in [3.63, 3.8) is 0 Å². The van der Waals surface area contributed by atoms with Gasteiger partial charge in [-0.25, -0.2) is 0 Å². The van der Waals surface area contributed by atoms with Gasteiger partial charge < -0.3 is 9.53 Å². The molecule has 0 saturated carbocycles. The molecule has 1 atom stereocenters. The molecular weight excluding hydrogens is 300 g/mol. The lowest BCUT2D eigenvalue weighted by Gasteiger charge is -2.33. The molecule has 0 N–H and O–H groups in total. The zero-order chi connectivity index (χ0) is 18.0. The summed E-state index contributed by atoms with van der Waals surface area (Å²) in [6, 6.07) is 9.43. The molecule has 1 aromatic rings.